The first-order valence-electron chi connectivity index (χ1n) is 7.73. The predicted molar refractivity (Wildman–Crippen MR) is 89.0 cm³/mol. The molecule has 2 aromatic heterocycles. The van der Waals surface area contributed by atoms with Crippen LogP contribution in [0.3, 0.4) is 0 Å². The fourth-order valence-corrected chi connectivity index (χ4v) is 3.19. The molecule has 1 aliphatic rings. The summed E-state index contributed by atoms with van der Waals surface area (Å²) in [6, 6.07) is 7.83. The zero-order chi connectivity index (χ0) is 16.5. The van der Waals surface area contributed by atoms with Gasteiger partial charge in [-0.3, -0.25) is 10.7 Å². The second-order valence-corrected chi connectivity index (χ2v) is 6.22. The summed E-state index contributed by atoms with van der Waals surface area (Å²) in [5, 5.41) is 14.9. The van der Waals surface area contributed by atoms with E-state index in [1.165, 1.54) is 11.9 Å². The molecule has 1 saturated heterocycles. The van der Waals surface area contributed by atoms with Crippen LogP contribution in [0.1, 0.15) is 24.6 Å². The van der Waals surface area contributed by atoms with Crippen molar-refractivity contribution in [3.8, 4) is 0 Å². The molecule has 2 N–H and O–H groups in total. The van der Waals surface area contributed by atoms with E-state index < -0.39 is 0 Å². The van der Waals surface area contributed by atoms with Crippen molar-refractivity contribution < 1.29 is 9.94 Å². The zero-order valence-corrected chi connectivity index (χ0v) is 13.5. The first-order valence-corrected chi connectivity index (χ1v) is 8.10. The van der Waals surface area contributed by atoms with Gasteiger partial charge in [0.15, 0.2) is 17.7 Å². The summed E-state index contributed by atoms with van der Waals surface area (Å²) >= 11 is 5.92. The van der Waals surface area contributed by atoms with E-state index >= 15 is 0 Å². The maximum Gasteiger partial charge on any atom is 0.166 e. The van der Waals surface area contributed by atoms with Crippen LogP contribution in [-0.4, -0.2) is 31.1 Å². The molecular weight excluding hydrogens is 330 g/mol. The van der Waals surface area contributed by atoms with Crippen molar-refractivity contribution in [2.24, 2.45) is 0 Å². The molecule has 3 heterocycles. The Kier molecular flexibility index (Phi) is 4.05. The lowest BCUT2D eigenvalue weighted by atomic mass is 10.1. The Hall–Kier alpha value is -2.22. The molecule has 0 spiro atoms. The smallest absolute Gasteiger partial charge is 0.166 e. The van der Waals surface area contributed by atoms with Gasteiger partial charge < -0.3 is 4.74 Å². The van der Waals surface area contributed by atoms with Crippen LogP contribution in [0.5, 0.6) is 0 Å². The molecule has 1 fully saturated rings. The number of hydrogen-bond acceptors (Lipinski definition) is 6. The second-order valence-electron chi connectivity index (χ2n) is 5.78. The van der Waals surface area contributed by atoms with Crippen LogP contribution in [-0.2, 0) is 11.2 Å². The SMILES string of the molecule is ONc1ncnc2c1cnn2C1CCC(Cc2ccc(Cl)cc2)O1. The highest BCUT2D eigenvalue weighted by Crippen LogP contribution is 2.32. The van der Waals surface area contributed by atoms with E-state index in [2.05, 4.69) is 20.5 Å². The zero-order valence-electron chi connectivity index (χ0n) is 12.8. The Morgan fingerprint density at radius 3 is 2.88 bits per heavy atom. The van der Waals surface area contributed by atoms with Crippen molar-refractivity contribution in [2.45, 2.75) is 31.6 Å². The van der Waals surface area contributed by atoms with Gasteiger partial charge in [0.25, 0.3) is 0 Å². The van der Waals surface area contributed by atoms with Crippen LogP contribution in [0.2, 0.25) is 5.02 Å². The molecule has 2 atom stereocenters. The number of hydrogen-bond donors (Lipinski definition) is 2. The Labute approximate surface area is 143 Å². The number of halogens is 1. The van der Waals surface area contributed by atoms with E-state index in [1.54, 1.807) is 10.9 Å². The Bertz CT molecular complexity index is 851. The molecule has 0 radical (unpaired) electrons. The molecule has 1 aromatic carbocycles. The van der Waals surface area contributed by atoms with Crippen LogP contribution >= 0.6 is 11.6 Å². The maximum atomic E-state index is 9.12. The third-order valence-corrected chi connectivity index (χ3v) is 4.48. The minimum Gasteiger partial charge on any atom is -0.353 e. The maximum absolute atomic E-state index is 9.12. The van der Waals surface area contributed by atoms with Crippen LogP contribution in [0.25, 0.3) is 11.0 Å². The summed E-state index contributed by atoms with van der Waals surface area (Å²) in [5.74, 6) is 0.335. The first kappa shape index (κ1) is 15.3. The first-order chi connectivity index (χ1) is 11.7. The molecular formula is C16H16ClN5O2. The molecule has 1 aliphatic heterocycles. The molecule has 0 bridgehead atoms. The lowest BCUT2D eigenvalue weighted by Crippen LogP contribution is -2.14. The van der Waals surface area contributed by atoms with Gasteiger partial charge in [-0.05, 0) is 37.0 Å². The molecule has 3 aromatic rings. The average molecular weight is 346 g/mol. The van der Waals surface area contributed by atoms with Crippen molar-refractivity contribution >= 4 is 28.5 Å². The standard InChI is InChI=1S/C16H16ClN5O2/c17-11-3-1-10(2-4-11)7-12-5-6-14(24-12)22-16-13(8-20-22)15(21-23)18-9-19-16/h1-4,8-9,12,14,23H,5-7H2,(H,18,19,21). The fraction of sp³-hybridized carbons (Fsp3) is 0.312. The minimum absolute atomic E-state index is 0.132. The molecule has 0 amide bonds. The average Bonchev–Trinajstić information content (AvgIpc) is 3.23. The second kappa shape index (κ2) is 6.35. The van der Waals surface area contributed by atoms with E-state index in [-0.39, 0.29) is 12.3 Å². The third kappa shape index (κ3) is 2.82. The van der Waals surface area contributed by atoms with Crippen LogP contribution < -0.4 is 5.48 Å². The number of rotatable bonds is 4. The van der Waals surface area contributed by atoms with Crippen molar-refractivity contribution in [3.05, 3.63) is 47.4 Å². The van der Waals surface area contributed by atoms with E-state index in [9.17, 15) is 0 Å². The molecule has 0 saturated carbocycles. The minimum atomic E-state index is -0.166. The lowest BCUT2D eigenvalue weighted by molar-refractivity contribution is -0.00227. The molecule has 4 rings (SSSR count). The number of nitrogens with one attached hydrogen (secondary N) is 1. The summed E-state index contributed by atoms with van der Waals surface area (Å²) in [5.41, 5.74) is 3.90. The van der Waals surface area contributed by atoms with Crippen molar-refractivity contribution in [1.29, 1.82) is 0 Å². The third-order valence-electron chi connectivity index (χ3n) is 4.23. The molecule has 7 nitrogen and oxygen atoms in total. The Balaban J connectivity index is 1.51. The number of anilines is 1. The van der Waals surface area contributed by atoms with Crippen molar-refractivity contribution in [1.82, 2.24) is 19.7 Å². The van der Waals surface area contributed by atoms with Gasteiger partial charge in [-0.25, -0.2) is 14.6 Å². The van der Waals surface area contributed by atoms with Crippen LogP contribution in [0, 0.1) is 0 Å². The van der Waals surface area contributed by atoms with E-state index in [0.29, 0.717) is 16.9 Å². The summed E-state index contributed by atoms with van der Waals surface area (Å²) in [7, 11) is 0. The van der Waals surface area contributed by atoms with E-state index in [4.69, 9.17) is 21.5 Å². The number of aromatic nitrogens is 4. The molecule has 124 valence electrons. The normalized spacial score (nSPS) is 20.6. The van der Waals surface area contributed by atoms with Gasteiger partial charge in [0.05, 0.1) is 17.7 Å². The highest BCUT2D eigenvalue weighted by atomic mass is 35.5. The molecule has 24 heavy (non-hydrogen) atoms. The summed E-state index contributed by atoms with van der Waals surface area (Å²) in [6.45, 7) is 0. The van der Waals surface area contributed by atoms with Gasteiger partial charge >= 0.3 is 0 Å². The van der Waals surface area contributed by atoms with Gasteiger partial charge in [0.1, 0.15) is 6.33 Å². The van der Waals surface area contributed by atoms with Gasteiger partial charge in [-0.2, -0.15) is 5.10 Å². The molecule has 8 heteroatoms. The Morgan fingerprint density at radius 2 is 2.08 bits per heavy atom. The monoisotopic (exact) mass is 345 g/mol. The molecule has 2 unspecified atom stereocenters. The fourth-order valence-electron chi connectivity index (χ4n) is 3.06. The summed E-state index contributed by atoms with van der Waals surface area (Å²) < 4.78 is 7.90. The topological polar surface area (TPSA) is 85.1 Å². The number of fused-ring (bicyclic) bond motifs is 1. The lowest BCUT2D eigenvalue weighted by Gasteiger charge is -2.14. The number of nitrogens with zero attached hydrogens (tertiary/aromatic N) is 4. The van der Waals surface area contributed by atoms with E-state index in [1.807, 2.05) is 24.3 Å². The van der Waals surface area contributed by atoms with Gasteiger partial charge in [-0.1, -0.05) is 23.7 Å². The summed E-state index contributed by atoms with van der Waals surface area (Å²) in [6.07, 6.45) is 5.63. The Morgan fingerprint density at radius 1 is 1.25 bits per heavy atom. The van der Waals surface area contributed by atoms with E-state index in [0.717, 1.165) is 24.3 Å². The largest absolute Gasteiger partial charge is 0.353 e. The van der Waals surface area contributed by atoms with Crippen LogP contribution in [0.4, 0.5) is 5.82 Å². The highest BCUT2D eigenvalue weighted by molar-refractivity contribution is 6.30. The number of benzene rings is 1. The van der Waals surface area contributed by atoms with Crippen molar-refractivity contribution in [2.75, 3.05) is 5.48 Å². The van der Waals surface area contributed by atoms with Gasteiger partial charge in [-0.15, -0.1) is 0 Å². The quantitative estimate of drug-likeness (QED) is 0.706. The van der Waals surface area contributed by atoms with Gasteiger partial charge in [0.2, 0.25) is 0 Å². The molecule has 0 aliphatic carbocycles. The van der Waals surface area contributed by atoms with Crippen LogP contribution in [0.15, 0.2) is 36.8 Å². The van der Waals surface area contributed by atoms with Gasteiger partial charge in [0, 0.05) is 5.02 Å². The van der Waals surface area contributed by atoms with Crippen molar-refractivity contribution in [3.63, 3.8) is 0 Å². The number of ether oxygens (including phenoxy) is 1. The summed E-state index contributed by atoms with van der Waals surface area (Å²) in [4.78, 5) is 8.22. The predicted octanol–water partition coefficient (Wildman–Crippen LogP) is 3.20. The highest BCUT2D eigenvalue weighted by Gasteiger charge is 2.29.